The summed E-state index contributed by atoms with van der Waals surface area (Å²) in [5.74, 6) is -2.86. The molecule has 30 heteroatoms. The van der Waals surface area contributed by atoms with E-state index < -0.39 is 94.1 Å². The fourth-order valence-corrected chi connectivity index (χ4v) is 15.6. The Labute approximate surface area is 660 Å². The van der Waals surface area contributed by atoms with E-state index in [1.165, 1.54) is 30.0 Å². The van der Waals surface area contributed by atoms with Crippen molar-refractivity contribution in [2.45, 2.75) is 129 Å². The number of thioether (sulfide) groups is 1. The van der Waals surface area contributed by atoms with Crippen molar-refractivity contribution in [1.82, 2.24) is 25.1 Å². The lowest BCUT2D eigenvalue weighted by atomic mass is 10.00. The lowest BCUT2D eigenvalue weighted by Gasteiger charge is -2.50. The largest absolute Gasteiger partial charge is 0.497 e. The number of β-lactam (4-membered cyclic amide) rings is 1. The van der Waals surface area contributed by atoms with Crippen LogP contribution in [-0.4, -0.2) is 155 Å². The number of carbonyl (C=O) groups is 7. The standard InChI is InChI=1S/C81H86Cl2N8O18S2/c1-11-89-42-57(68(93)62-58(89)40-59(103-44-48-24-30-54(100-8)31-25-48)70(63(62)82)104-45-49-26-32-55(101-9)33-27-49)72(94)84-36-39-91(37-18-19-38-91)43-53-47-110-75-66(74(96)90(75)67(53)77(98)106-69(51-20-14-12-15-21-51)52-22-16-13-17-23-52)85-73(95)65(64-71(83)111-78(86-64)87-79(99)108-81(5,6)7)88-109-60(41-61(92)107-80(2,3)4)76(97)105-46-50-28-34-56(102-10)35-29-50/h12-17,20-35,40,42,60,66,69,75H,11,18-19,36-39,41,43-47H2,1-10H3,(H2-,84,85,86,87,94,95,99)/p+1/b88-65-/t60-,66+,75+/m0/s1. The molecule has 0 unspecified atom stereocenters. The van der Waals surface area contributed by atoms with Crippen LogP contribution in [0.5, 0.6) is 28.7 Å². The molecule has 0 aliphatic carbocycles. The van der Waals surface area contributed by atoms with Crippen molar-refractivity contribution in [2.24, 2.45) is 5.16 Å². The number of esters is 3. The summed E-state index contributed by atoms with van der Waals surface area (Å²) >= 11 is 16.2. The summed E-state index contributed by atoms with van der Waals surface area (Å²) in [5.41, 5.74) is 0.590. The smallest absolute Gasteiger partial charge is 0.413 e. The van der Waals surface area contributed by atoms with Gasteiger partial charge in [-0.15, -0.1) is 11.8 Å². The van der Waals surface area contributed by atoms with Crippen molar-refractivity contribution in [2.75, 3.05) is 65.1 Å². The third kappa shape index (κ3) is 20.3. The molecule has 26 nitrogen and oxygen atoms in total. The number of fused-ring (bicyclic) bond motifs is 2. The van der Waals surface area contributed by atoms with Crippen molar-refractivity contribution in [3.63, 3.8) is 0 Å². The first kappa shape index (κ1) is 81.3. The first-order chi connectivity index (χ1) is 53.1. The number of benzene rings is 6. The number of thiazole rings is 1. The number of rotatable bonds is 31. The molecule has 3 N–H and O–H groups in total. The van der Waals surface area contributed by atoms with Gasteiger partial charge in [0.15, 0.2) is 28.4 Å². The van der Waals surface area contributed by atoms with Crippen LogP contribution in [0.3, 0.4) is 0 Å². The third-order valence-electron chi connectivity index (χ3n) is 18.3. The molecule has 0 spiro atoms. The Bertz CT molecular complexity index is 4810. The highest BCUT2D eigenvalue weighted by atomic mass is 35.5. The Morgan fingerprint density at radius 2 is 1.30 bits per heavy atom. The fraction of sp³-hybridized carbons (Fsp3) is 0.358. The molecule has 2 aromatic heterocycles. The number of carbonyl (C=O) groups excluding carboxylic acids is 7. The summed E-state index contributed by atoms with van der Waals surface area (Å²) < 4.78 is 53.9. The van der Waals surface area contributed by atoms with Crippen LogP contribution in [0.15, 0.2) is 167 Å². The minimum Gasteiger partial charge on any atom is -0.497 e. The second-order valence-corrected chi connectivity index (χ2v) is 31.5. The molecule has 0 saturated carbocycles. The first-order valence-electron chi connectivity index (χ1n) is 35.9. The maximum atomic E-state index is 15.6. The second-order valence-electron chi connectivity index (χ2n) is 28.4. The average Bonchev–Trinajstić information content (AvgIpc) is 0.972. The maximum absolute atomic E-state index is 15.6. The molecular formula is C81H87Cl2N8O18S2+. The molecule has 3 aliphatic rings. The zero-order chi connectivity index (χ0) is 79.3. The van der Waals surface area contributed by atoms with Crippen molar-refractivity contribution in [3.8, 4) is 28.7 Å². The van der Waals surface area contributed by atoms with E-state index in [1.807, 2.05) is 104 Å². The second kappa shape index (κ2) is 36.0. The van der Waals surface area contributed by atoms with Crippen LogP contribution >= 0.6 is 46.3 Å². The summed E-state index contributed by atoms with van der Waals surface area (Å²) in [4.78, 5) is 128. The van der Waals surface area contributed by atoms with Crippen LogP contribution in [0, 0.1) is 0 Å². The van der Waals surface area contributed by atoms with Crippen LogP contribution in [0.2, 0.25) is 9.36 Å². The number of halogens is 2. The van der Waals surface area contributed by atoms with E-state index in [0.29, 0.717) is 75.7 Å². The van der Waals surface area contributed by atoms with E-state index >= 15 is 14.4 Å². The van der Waals surface area contributed by atoms with Crippen LogP contribution in [0.1, 0.15) is 118 Å². The molecule has 584 valence electrons. The maximum Gasteiger partial charge on any atom is 0.413 e. The molecular weight excluding hydrogens is 1510 g/mol. The molecule has 2 saturated heterocycles. The van der Waals surface area contributed by atoms with Gasteiger partial charge in [0.05, 0.1) is 69.9 Å². The van der Waals surface area contributed by atoms with Crippen LogP contribution in [0.25, 0.3) is 10.9 Å². The summed E-state index contributed by atoms with van der Waals surface area (Å²) in [6, 6.07) is 39.9. The van der Waals surface area contributed by atoms with E-state index in [0.717, 1.165) is 35.3 Å². The van der Waals surface area contributed by atoms with Crippen molar-refractivity contribution in [3.05, 3.63) is 216 Å². The Balaban J connectivity index is 0.888. The average molecular weight is 1600 g/mol. The zero-order valence-corrected chi connectivity index (χ0v) is 66.2. The SMILES string of the molecule is CCn1cc(C(=O)NCC[N+]2(CC3=C(C(=O)OC(c4ccccc4)c4ccccc4)N4C(=O)[C@@H](NC(=O)/C(=N\O[C@@H](CC(=O)OC(C)(C)C)C(=O)OCc5ccc(OC)cc5)c5nc(NC(=O)OC(C)(C)C)sc5Cl)[C@H]4SC3)CCCC2)c(=O)c2c(Cl)c(OCc3ccc(OC)cc3)c(OCc3ccc(OC)cc3)cc21. The number of amides is 4. The molecule has 8 aromatic rings. The summed E-state index contributed by atoms with van der Waals surface area (Å²) in [7, 11) is 4.66. The molecule has 2 fully saturated rings. The number of nitrogens with one attached hydrogen (secondary N) is 3. The Morgan fingerprint density at radius 1 is 0.730 bits per heavy atom. The normalized spacial score (nSPS) is 15.7. The molecule has 111 heavy (non-hydrogen) atoms. The molecule has 3 atom stereocenters. The number of hydrogen-bond donors (Lipinski definition) is 3. The lowest BCUT2D eigenvalue weighted by molar-refractivity contribution is -0.911. The molecule has 0 bridgehead atoms. The molecule has 0 radical (unpaired) electrons. The topological polar surface area (TPSA) is 298 Å². The van der Waals surface area contributed by atoms with Gasteiger partial charge in [0.25, 0.3) is 17.7 Å². The van der Waals surface area contributed by atoms with Gasteiger partial charge in [-0.25, -0.2) is 19.4 Å². The molecule has 5 heterocycles. The van der Waals surface area contributed by atoms with Gasteiger partial charge in [0.1, 0.15) is 87.5 Å². The quantitative estimate of drug-likeness (QED) is 0.00908. The van der Waals surface area contributed by atoms with Gasteiger partial charge in [-0.05, 0) is 113 Å². The highest BCUT2D eigenvalue weighted by Gasteiger charge is 2.56. The van der Waals surface area contributed by atoms with Crippen molar-refractivity contribution < 1.29 is 85.5 Å². The highest BCUT2D eigenvalue weighted by Crippen LogP contribution is 2.45. The number of quaternary nitrogens is 1. The van der Waals surface area contributed by atoms with Gasteiger partial charge in [-0.2, -0.15) is 0 Å². The minimum atomic E-state index is -1.85. The van der Waals surface area contributed by atoms with Gasteiger partial charge in [-0.1, -0.05) is 137 Å². The monoisotopic (exact) mass is 1590 g/mol. The van der Waals surface area contributed by atoms with Crippen LogP contribution in [0.4, 0.5) is 9.93 Å². The number of aromatic nitrogens is 2. The van der Waals surface area contributed by atoms with E-state index in [-0.39, 0.29) is 87.0 Å². The summed E-state index contributed by atoms with van der Waals surface area (Å²) in [6.45, 7) is 13.8. The van der Waals surface area contributed by atoms with Gasteiger partial charge in [0.2, 0.25) is 11.5 Å². The minimum absolute atomic E-state index is 0.0369. The number of likely N-dealkylation sites (tertiary alicyclic amines) is 1. The highest BCUT2D eigenvalue weighted by molar-refractivity contribution is 8.00. The molecule has 6 aromatic carbocycles. The Hall–Kier alpha value is -10.7. The lowest BCUT2D eigenvalue weighted by Crippen LogP contribution is -2.71. The van der Waals surface area contributed by atoms with E-state index in [1.54, 1.807) is 103 Å². The molecule has 4 amide bonds. The number of methoxy groups -OCH3 is 3. The van der Waals surface area contributed by atoms with Gasteiger partial charge < -0.3 is 67.2 Å². The third-order valence-corrected chi connectivity index (χ3v) is 21.1. The number of hydrogen-bond acceptors (Lipinski definition) is 22. The predicted molar refractivity (Wildman–Crippen MR) is 419 cm³/mol. The number of pyridine rings is 1. The predicted octanol–water partition coefficient (Wildman–Crippen LogP) is 12.9. The summed E-state index contributed by atoms with van der Waals surface area (Å²) in [6.07, 6.45) is -1.37. The van der Waals surface area contributed by atoms with E-state index in [9.17, 15) is 24.0 Å². The van der Waals surface area contributed by atoms with Crippen molar-refractivity contribution in [1.29, 1.82) is 0 Å². The van der Waals surface area contributed by atoms with Crippen molar-refractivity contribution >= 4 is 110 Å². The molecule has 11 rings (SSSR count). The van der Waals surface area contributed by atoms with E-state index in [2.05, 4.69) is 26.1 Å². The number of nitrogens with zero attached hydrogens (tertiary/aromatic N) is 5. The number of ether oxygens (including phenoxy) is 9. The van der Waals surface area contributed by atoms with Gasteiger partial charge in [-0.3, -0.25) is 34.2 Å². The molecule has 3 aliphatic heterocycles. The summed E-state index contributed by atoms with van der Waals surface area (Å²) in [5, 5.41) is 11.3. The fourth-order valence-electron chi connectivity index (χ4n) is 12.9. The number of oxime groups is 1. The van der Waals surface area contributed by atoms with E-state index in [4.69, 9.17) is 70.7 Å². The van der Waals surface area contributed by atoms with Crippen LogP contribution in [-0.2, 0) is 74.1 Å². The number of anilines is 1. The Kier molecular flexibility index (Phi) is 26.4. The van der Waals surface area contributed by atoms with Crippen LogP contribution < -0.4 is 45.1 Å². The zero-order valence-electron chi connectivity index (χ0n) is 63.0. The first-order valence-corrected chi connectivity index (χ1v) is 38.5. The number of aryl methyl sites for hydroxylation is 1. The van der Waals surface area contributed by atoms with Gasteiger partial charge >= 0.3 is 24.0 Å². The Morgan fingerprint density at radius 3 is 1.86 bits per heavy atom. The van der Waals surface area contributed by atoms with Gasteiger partial charge in [0, 0.05) is 43.0 Å².